The SMILES string of the molecule is c1ccc(N(c2cc3c4c(ccc5cc(N(c6ccc7ccccc7c6)c6cccc7c6oc6ccccc67)c6cccc(c6c54)O3)c2)c2cccc3c2oc2ccccc23)cc1. The largest absolute Gasteiger partial charge is 0.456 e. The van der Waals surface area contributed by atoms with Crippen LogP contribution in [0.2, 0.25) is 0 Å². The van der Waals surface area contributed by atoms with Gasteiger partial charge in [0.2, 0.25) is 0 Å². The Hall–Kier alpha value is -8.54. The predicted molar refractivity (Wildman–Crippen MR) is 260 cm³/mol. The fourth-order valence-corrected chi connectivity index (χ4v) is 10.2. The van der Waals surface area contributed by atoms with Crippen LogP contribution in [-0.2, 0) is 0 Å². The van der Waals surface area contributed by atoms with Gasteiger partial charge in [-0.3, -0.25) is 0 Å². The first-order chi connectivity index (χ1) is 31.2. The Balaban J connectivity index is 1.02. The highest BCUT2D eigenvalue weighted by Gasteiger charge is 2.28. The summed E-state index contributed by atoms with van der Waals surface area (Å²) in [5.41, 5.74) is 9.42. The van der Waals surface area contributed by atoms with Crippen LogP contribution in [0.5, 0.6) is 11.5 Å². The van der Waals surface area contributed by atoms with Gasteiger partial charge in [0.1, 0.15) is 22.7 Å². The van der Waals surface area contributed by atoms with E-state index in [1.165, 1.54) is 16.2 Å². The zero-order chi connectivity index (χ0) is 41.2. The molecule has 3 heterocycles. The van der Waals surface area contributed by atoms with Gasteiger partial charge in [0.25, 0.3) is 0 Å². The summed E-state index contributed by atoms with van der Waals surface area (Å²) in [5.74, 6) is 1.64. The maximum atomic E-state index is 7.11. The van der Waals surface area contributed by atoms with Gasteiger partial charge in [0.05, 0.1) is 22.7 Å². The molecule has 0 radical (unpaired) electrons. The standard InChI is InChI=1S/C58H34N2O3/c1-2-15-39(16-3-1)59(47-22-10-19-44-42-17-6-8-24-50(42)62-57(44)47)41-32-37-27-28-38-33-49(46-21-12-26-52-56(46)55(38)54(37)53(34-41)61-52)60(40-30-29-35-13-4-5-14-36(35)31-40)48-23-11-20-45-43-18-7-9-25-51(43)63-58(45)48/h1-34H. The highest BCUT2D eigenvalue weighted by molar-refractivity contribution is 6.29. The van der Waals surface area contributed by atoms with Crippen molar-refractivity contribution in [3.63, 3.8) is 0 Å². The molecular weight excluding hydrogens is 773 g/mol. The first kappa shape index (κ1) is 34.2. The molecule has 0 N–H and O–H groups in total. The van der Waals surface area contributed by atoms with E-state index in [1.807, 2.05) is 24.3 Å². The average molecular weight is 807 g/mol. The van der Waals surface area contributed by atoms with Crippen molar-refractivity contribution in [3.05, 3.63) is 206 Å². The second kappa shape index (κ2) is 13.0. The summed E-state index contributed by atoms with van der Waals surface area (Å²) in [7, 11) is 0. The summed E-state index contributed by atoms with van der Waals surface area (Å²) in [6.45, 7) is 0. The van der Waals surface area contributed by atoms with E-state index in [9.17, 15) is 0 Å². The number of para-hydroxylation sites is 5. The van der Waals surface area contributed by atoms with E-state index in [1.54, 1.807) is 0 Å². The molecule has 0 bridgehead atoms. The van der Waals surface area contributed by atoms with E-state index in [-0.39, 0.29) is 0 Å². The third kappa shape index (κ3) is 4.99. The topological polar surface area (TPSA) is 42.0 Å². The van der Waals surface area contributed by atoms with Crippen LogP contribution in [-0.4, -0.2) is 0 Å². The molecule has 0 fully saturated rings. The number of benzene rings is 11. The fraction of sp³-hybridized carbons (Fsp3) is 0. The van der Waals surface area contributed by atoms with Crippen molar-refractivity contribution in [2.75, 3.05) is 9.80 Å². The summed E-state index contributed by atoms with van der Waals surface area (Å²) in [6.07, 6.45) is 0. The summed E-state index contributed by atoms with van der Waals surface area (Å²) in [6, 6.07) is 72.9. The summed E-state index contributed by atoms with van der Waals surface area (Å²) >= 11 is 0. The molecule has 294 valence electrons. The quantitative estimate of drug-likeness (QED) is 0.157. The molecule has 0 saturated carbocycles. The second-order valence-electron chi connectivity index (χ2n) is 16.4. The molecule has 14 rings (SSSR count). The van der Waals surface area contributed by atoms with Crippen LogP contribution in [0.1, 0.15) is 0 Å². The van der Waals surface area contributed by atoms with Crippen LogP contribution < -0.4 is 14.5 Å². The summed E-state index contributed by atoms with van der Waals surface area (Å²) in [4.78, 5) is 4.66. The minimum Gasteiger partial charge on any atom is -0.456 e. The van der Waals surface area contributed by atoms with Crippen molar-refractivity contribution in [3.8, 4) is 11.5 Å². The number of nitrogens with zero attached hydrogens (tertiary/aromatic N) is 2. The highest BCUT2D eigenvalue weighted by Crippen LogP contribution is 2.54. The molecule has 13 aromatic rings. The Bertz CT molecular complexity index is 4030. The lowest BCUT2D eigenvalue weighted by molar-refractivity contribution is 0.493. The molecule has 0 spiro atoms. The van der Waals surface area contributed by atoms with Gasteiger partial charge in [0, 0.05) is 60.5 Å². The van der Waals surface area contributed by atoms with Gasteiger partial charge >= 0.3 is 0 Å². The molecule has 0 atom stereocenters. The van der Waals surface area contributed by atoms with E-state index in [2.05, 4.69) is 192 Å². The Morgan fingerprint density at radius 1 is 0.286 bits per heavy atom. The number of hydrogen-bond donors (Lipinski definition) is 0. The molecular formula is C58H34N2O3. The van der Waals surface area contributed by atoms with Gasteiger partial charge in [-0.05, 0) is 88.3 Å². The van der Waals surface area contributed by atoms with Gasteiger partial charge in [0.15, 0.2) is 11.2 Å². The van der Waals surface area contributed by atoms with E-state index in [0.717, 1.165) is 116 Å². The lowest BCUT2D eigenvalue weighted by atomic mass is 9.91. The van der Waals surface area contributed by atoms with Crippen molar-refractivity contribution in [2.24, 2.45) is 0 Å². The first-order valence-corrected chi connectivity index (χ1v) is 21.3. The van der Waals surface area contributed by atoms with Gasteiger partial charge < -0.3 is 23.4 Å². The molecule has 63 heavy (non-hydrogen) atoms. The van der Waals surface area contributed by atoms with Gasteiger partial charge in [-0.2, -0.15) is 0 Å². The zero-order valence-electron chi connectivity index (χ0n) is 33.7. The van der Waals surface area contributed by atoms with E-state index >= 15 is 0 Å². The summed E-state index contributed by atoms with van der Waals surface area (Å²) < 4.78 is 20.5. The molecule has 5 nitrogen and oxygen atoms in total. The van der Waals surface area contributed by atoms with E-state index in [4.69, 9.17) is 13.6 Å². The van der Waals surface area contributed by atoms with Crippen molar-refractivity contribution < 1.29 is 13.6 Å². The van der Waals surface area contributed by atoms with Gasteiger partial charge in [-0.1, -0.05) is 133 Å². The molecule has 0 saturated heterocycles. The Labute approximate surface area is 360 Å². The van der Waals surface area contributed by atoms with Crippen LogP contribution in [0.4, 0.5) is 34.1 Å². The number of ether oxygens (including phenoxy) is 1. The van der Waals surface area contributed by atoms with Crippen LogP contribution in [0.3, 0.4) is 0 Å². The molecule has 1 aliphatic rings. The van der Waals surface area contributed by atoms with Crippen molar-refractivity contribution >= 4 is 121 Å². The normalized spacial score (nSPS) is 12.3. The Morgan fingerprint density at radius 3 is 1.60 bits per heavy atom. The molecule has 11 aromatic carbocycles. The maximum absolute atomic E-state index is 7.11. The predicted octanol–water partition coefficient (Wildman–Crippen LogP) is 17.1. The van der Waals surface area contributed by atoms with Crippen LogP contribution in [0, 0.1) is 0 Å². The first-order valence-electron chi connectivity index (χ1n) is 21.3. The van der Waals surface area contributed by atoms with Crippen LogP contribution in [0.15, 0.2) is 215 Å². The molecule has 1 aliphatic heterocycles. The van der Waals surface area contributed by atoms with Crippen LogP contribution in [0.25, 0.3) is 87.0 Å². The van der Waals surface area contributed by atoms with E-state index in [0.29, 0.717) is 0 Å². The lowest BCUT2D eigenvalue weighted by Gasteiger charge is -2.30. The number of hydrogen-bond acceptors (Lipinski definition) is 5. The second-order valence-corrected chi connectivity index (χ2v) is 16.4. The van der Waals surface area contributed by atoms with Crippen molar-refractivity contribution in [1.82, 2.24) is 0 Å². The third-order valence-electron chi connectivity index (χ3n) is 12.9. The Morgan fingerprint density at radius 2 is 0.857 bits per heavy atom. The lowest BCUT2D eigenvalue weighted by Crippen LogP contribution is -2.12. The smallest absolute Gasteiger partial charge is 0.159 e. The number of furan rings is 2. The van der Waals surface area contributed by atoms with Gasteiger partial charge in [-0.15, -0.1) is 0 Å². The van der Waals surface area contributed by atoms with Crippen molar-refractivity contribution in [1.29, 1.82) is 0 Å². The molecule has 5 heteroatoms. The van der Waals surface area contributed by atoms with Crippen molar-refractivity contribution in [2.45, 2.75) is 0 Å². The Kier molecular flexibility index (Phi) is 7.05. The molecule has 0 unspecified atom stereocenters. The minimum absolute atomic E-state index is 0.817. The maximum Gasteiger partial charge on any atom is 0.159 e. The molecule has 0 amide bonds. The van der Waals surface area contributed by atoms with Crippen LogP contribution >= 0.6 is 0 Å². The average Bonchev–Trinajstić information content (AvgIpc) is 3.92. The molecule has 2 aromatic heterocycles. The highest BCUT2D eigenvalue weighted by atomic mass is 16.5. The number of rotatable bonds is 6. The summed E-state index contributed by atoms with van der Waals surface area (Å²) in [5, 5.41) is 13.4. The van der Waals surface area contributed by atoms with Gasteiger partial charge in [-0.25, -0.2) is 0 Å². The number of fused-ring (bicyclic) bond motifs is 7. The monoisotopic (exact) mass is 806 g/mol. The number of anilines is 6. The minimum atomic E-state index is 0.817. The molecule has 0 aliphatic carbocycles. The third-order valence-corrected chi connectivity index (χ3v) is 12.9. The zero-order valence-corrected chi connectivity index (χ0v) is 33.7. The van der Waals surface area contributed by atoms with E-state index < -0.39 is 0 Å². The fourth-order valence-electron chi connectivity index (χ4n) is 10.2.